The normalized spacial score (nSPS) is 24.8. The van der Waals surface area contributed by atoms with Crippen LogP contribution in [0.3, 0.4) is 0 Å². The summed E-state index contributed by atoms with van der Waals surface area (Å²) in [4.78, 5) is 2.35. The SMILES string of the molecule is CCS(=O)(=O)CC(C)NCC1CCCN(C)C1. The van der Waals surface area contributed by atoms with Crippen LogP contribution in [0.1, 0.15) is 26.7 Å². The lowest BCUT2D eigenvalue weighted by molar-refractivity contribution is 0.204. The van der Waals surface area contributed by atoms with E-state index in [0.29, 0.717) is 5.92 Å². The van der Waals surface area contributed by atoms with Crippen LogP contribution in [0.25, 0.3) is 0 Å². The van der Waals surface area contributed by atoms with Crippen LogP contribution >= 0.6 is 0 Å². The molecule has 1 saturated heterocycles. The fourth-order valence-corrected chi connectivity index (χ4v) is 3.48. The Morgan fingerprint density at radius 2 is 2.18 bits per heavy atom. The van der Waals surface area contributed by atoms with Crippen molar-refractivity contribution in [3.63, 3.8) is 0 Å². The van der Waals surface area contributed by atoms with E-state index in [-0.39, 0.29) is 17.5 Å². The summed E-state index contributed by atoms with van der Waals surface area (Å²) in [5, 5.41) is 3.36. The van der Waals surface area contributed by atoms with Gasteiger partial charge in [-0.2, -0.15) is 0 Å². The molecular weight excluding hydrogens is 236 g/mol. The number of rotatable bonds is 6. The summed E-state index contributed by atoms with van der Waals surface area (Å²) in [7, 11) is -0.705. The molecule has 0 amide bonds. The smallest absolute Gasteiger partial charge is 0.151 e. The lowest BCUT2D eigenvalue weighted by Crippen LogP contribution is -2.41. The van der Waals surface area contributed by atoms with Crippen LogP contribution in [0.4, 0.5) is 0 Å². The van der Waals surface area contributed by atoms with Gasteiger partial charge < -0.3 is 10.2 Å². The highest BCUT2D eigenvalue weighted by atomic mass is 32.2. The Balaban J connectivity index is 2.25. The summed E-state index contributed by atoms with van der Waals surface area (Å²) >= 11 is 0. The van der Waals surface area contributed by atoms with Crippen molar-refractivity contribution in [2.75, 3.05) is 38.2 Å². The third-order valence-corrected chi connectivity index (χ3v) is 5.31. The molecule has 0 bridgehead atoms. The average molecular weight is 262 g/mol. The van der Waals surface area contributed by atoms with E-state index >= 15 is 0 Å². The zero-order valence-corrected chi connectivity index (χ0v) is 12.1. The fourth-order valence-electron chi connectivity index (χ4n) is 2.37. The molecule has 0 saturated carbocycles. The van der Waals surface area contributed by atoms with Crippen molar-refractivity contribution >= 4 is 9.84 Å². The second-order valence-corrected chi connectivity index (χ2v) is 7.68. The van der Waals surface area contributed by atoms with Crippen molar-refractivity contribution in [1.29, 1.82) is 0 Å². The van der Waals surface area contributed by atoms with Crippen LogP contribution in [-0.2, 0) is 9.84 Å². The maximum atomic E-state index is 11.5. The third kappa shape index (κ3) is 5.84. The Hall–Kier alpha value is -0.130. The summed E-state index contributed by atoms with van der Waals surface area (Å²) < 4.78 is 22.9. The van der Waals surface area contributed by atoms with Gasteiger partial charge in [-0.1, -0.05) is 6.92 Å². The van der Waals surface area contributed by atoms with Gasteiger partial charge in [-0.3, -0.25) is 0 Å². The molecule has 1 rings (SSSR count). The third-order valence-electron chi connectivity index (χ3n) is 3.42. The highest BCUT2D eigenvalue weighted by molar-refractivity contribution is 7.91. The minimum absolute atomic E-state index is 0.0622. The Labute approximate surface area is 106 Å². The summed E-state index contributed by atoms with van der Waals surface area (Å²) in [6.07, 6.45) is 2.51. The predicted molar refractivity (Wildman–Crippen MR) is 72.0 cm³/mol. The van der Waals surface area contributed by atoms with E-state index in [9.17, 15) is 8.42 Å². The quantitative estimate of drug-likeness (QED) is 0.767. The van der Waals surface area contributed by atoms with Crippen LogP contribution in [0.15, 0.2) is 0 Å². The first-order chi connectivity index (χ1) is 7.93. The van der Waals surface area contributed by atoms with Gasteiger partial charge in [0.15, 0.2) is 9.84 Å². The topological polar surface area (TPSA) is 49.4 Å². The van der Waals surface area contributed by atoms with Gasteiger partial charge in [0.05, 0.1) is 5.75 Å². The van der Waals surface area contributed by atoms with Crippen LogP contribution in [0.2, 0.25) is 0 Å². The van der Waals surface area contributed by atoms with E-state index in [1.807, 2.05) is 6.92 Å². The molecule has 2 atom stereocenters. The molecule has 1 aliphatic rings. The molecule has 0 aliphatic carbocycles. The van der Waals surface area contributed by atoms with Crippen molar-refractivity contribution in [3.8, 4) is 0 Å². The zero-order valence-electron chi connectivity index (χ0n) is 11.3. The maximum Gasteiger partial charge on any atom is 0.151 e. The highest BCUT2D eigenvalue weighted by Crippen LogP contribution is 2.14. The molecule has 4 nitrogen and oxygen atoms in total. The van der Waals surface area contributed by atoms with Crippen molar-refractivity contribution in [1.82, 2.24) is 10.2 Å². The standard InChI is InChI=1S/C12H26N2O2S/c1-4-17(15,16)10-11(2)13-8-12-6-5-7-14(3)9-12/h11-13H,4-10H2,1-3H3. The van der Waals surface area contributed by atoms with E-state index in [1.54, 1.807) is 6.92 Å². The van der Waals surface area contributed by atoms with Crippen molar-refractivity contribution in [3.05, 3.63) is 0 Å². The van der Waals surface area contributed by atoms with Gasteiger partial charge in [-0.25, -0.2) is 8.42 Å². The Kier molecular flexibility index (Phi) is 5.89. The summed E-state index contributed by atoms with van der Waals surface area (Å²) in [6, 6.07) is 0.0622. The van der Waals surface area contributed by atoms with Gasteiger partial charge in [-0.15, -0.1) is 0 Å². The number of hydrogen-bond donors (Lipinski definition) is 1. The van der Waals surface area contributed by atoms with Gasteiger partial charge in [0, 0.05) is 18.3 Å². The van der Waals surface area contributed by atoms with Crippen molar-refractivity contribution in [2.45, 2.75) is 32.7 Å². The van der Waals surface area contributed by atoms with E-state index in [1.165, 1.54) is 19.4 Å². The summed E-state index contributed by atoms with van der Waals surface area (Å²) in [5.41, 5.74) is 0. The average Bonchev–Trinajstić information content (AvgIpc) is 2.26. The minimum atomic E-state index is -2.86. The van der Waals surface area contributed by atoms with Crippen LogP contribution in [-0.4, -0.2) is 57.5 Å². The number of piperidine rings is 1. The number of nitrogens with zero attached hydrogens (tertiary/aromatic N) is 1. The monoisotopic (exact) mass is 262 g/mol. The predicted octanol–water partition coefficient (Wildman–Crippen LogP) is 0.741. The first kappa shape index (κ1) is 14.9. The Bertz CT molecular complexity index is 316. The number of sulfone groups is 1. The first-order valence-electron chi connectivity index (χ1n) is 6.55. The minimum Gasteiger partial charge on any atom is -0.313 e. The lowest BCUT2D eigenvalue weighted by atomic mass is 9.98. The van der Waals surface area contributed by atoms with Gasteiger partial charge in [0.2, 0.25) is 0 Å². The molecule has 5 heteroatoms. The van der Waals surface area contributed by atoms with Gasteiger partial charge in [0.1, 0.15) is 0 Å². The largest absolute Gasteiger partial charge is 0.313 e. The summed E-state index contributed by atoms with van der Waals surface area (Å²) in [5.74, 6) is 1.16. The number of nitrogens with one attached hydrogen (secondary N) is 1. The van der Waals surface area contributed by atoms with Crippen LogP contribution in [0, 0.1) is 5.92 Å². The molecule has 0 radical (unpaired) electrons. The number of likely N-dealkylation sites (tertiary alicyclic amines) is 1. The van der Waals surface area contributed by atoms with Gasteiger partial charge in [-0.05, 0) is 45.8 Å². The van der Waals surface area contributed by atoms with E-state index < -0.39 is 9.84 Å². The molecular formula is C12H26N2O2S. The molecule has 17 heavy (non-hydrogen) atoms. The second kappa shape index (κ2) is 6.71. The van der Waals surface area contributed by atoms with Crippen LogP contribution in [0.5, 0.6) is 0 Å². The van der Waals surface area contributed by atoms with Crippen LogP contribution < -0.4 is 5.32 Å². The van der Waals surface area contributed by atoms with Crippen molar-refractivity contribution < 1.29 is 8.42 Å². The van der Waals surface area contributed by atoms with Gasteiger partial charge in [0.25, 0.3) is 0 Å². The van der Waals surface area contributed by atoms with E-state index in [2.05, 4.69) is 17.3 Å². The zero-order chi connectivity index (χ0) is 12.9. The molecule has 0 aromatic rings. The second-order valence-electron chi connectivity index (χ2n) is 5.28. The molecule has 1 N–H and O–H groups in total. The van der Waals surface area contributed by atoms with Gasteiger partial charge >= 0.3 is 0 Å². The lowest BCUT2D eigenvalue weighted by Gasteiger charge is -2.30. The Morgan fingerprint density at radius 3 is 2.76 bits per heavy atom. The van der Waals surface area contributed by atoms with E-state index in [0.717, 1.165) is 13.1 Å². The molecule has 102 valence electrons. The summed E-state index contributed by atoms with van der Waals surface area (Å²) in [6.45, 7) is 6.92. The molecule has 1 aliphatic heterocycles. The molecule has 1 fully saturated rings. The molecule has 0 spiro atoms. The number of hydrogen-bond acceptors (Lipinski definition) is 4. The van der Waals surface area contributed by atoms with Crippen molar-refractivity contribution in [2.24, 2.45) is 5.92 Å². The molecule has 0 aromatic carbocycles. The Morgan fingerprint density at radius 1 is 1.47 bits per heavy atom. The molecule has 1 heterocycles. The first-order valence-corrected chi connectivity index (χ1v) is 8.37. The maximum absolute atomic E-state index is 11.5. The molecule has 0 aromatic heterocycles. The fraction of sp³-hybridized carbons (Fsp3) is 1.00. The van der Waals surface area contributed by atoms with E-state index in [4.69, 9.17) is 0 Å². The highest BCUT2D eigenvalue weighted by Gasteiger charge is 2.19. The molecule has 2 unspecified atom stereocenters.